The van der Waals surface area contributed by atoms with Crippen LogP contribution >= 0.6 is 69.6 Å². The lowest BCUT2D eigenvalue weighted by Crippen LogP contribution is -2.82. The van der Waals surface area contributed by atoms with Gasteiger partial charge < -0.3 is 5.11 Å². The fraction of sp³-hybridized carbons (Fsp3) is 1.00. The molecule has 1 N–H and O–H groups in total. The van der Waals surface area contributed by atoms with E-state index in [1.54, 1.807) is 0 Å². The fourth-order valence-electron chi connectivity index (χ4n) is 7.65. The van der Waals surface area contributed by atoms with Crippen LogP contribution in [0.4, 0.5) is 0 Å². The van der Waals surface area contributed by atoms with Gasteiger partial charge in [-0.1, -0.05) is 23.2 Å². The van der Waals surface area contributed by atoms with E-state index in [2.05, 4.69) is 0 Å². The van der Waals surface area contributed by atoms with Crippen LogP contribution in [-0.4, -0.2) is 34.5 Å². The van der Waals surface area contributed by atoms with Crippen LogP contribution in [-0.2, 0) is 0 Å². The summed E-state index contributed by atoms with van der Waals surface area (Å²) < 4.78 is -1.41. The van der Waals surface area contributed by atoms with Crippen LogP contribution in [0.15, 0.2) is 0 Å². The summed E-state index contributed by atoms with van der Waals surface area (Å²) in [5.41, 5.74) is -1.05. The van der Waals surface area contributed by atoms with E-state index in [1.807, 2.05) is 0 Å². The molecular formula is C12H8Cl6O. The number of aliphatic hydroxyl groups is 1. The van der Waals surface area contributed by atoms with Gasteiger partial charge in [-0.05, 0) is 30.1 Å². The van der Waals surface area contributed by atoms with Crippen molar-refractivity contribution in [3.8, 4) is 0 Å². The Morgan fingerprint density at radius 3 is 2.11 bits per heavy atom. The van der Waals surface area contributed by atoms with Gasteiger partial charge in [-0.3, -0.25) is 0 Å². The smallest absolute Gasteiger partial charge is 0.160 e. The molecule has 1 nitrogen and oxygen atoms in total. The molecule has 0 amide bonds. The number of rotatable bonds is 0. The minimum atomic E-state index is -1.41. The van der Waals surface area contributed by atoms with E-state index in [-0.39, 0.29) is 29.6 Å². The summed E-state index contributed by atoms with van der Waals surface area (Å²) in [6, 6.07) is 0. The third kappa shape index (κ3) is 0.552. The maximum Gasteiger partial charge on any atom is 0.160 e. The molecule has 4 bridgehead atoms. The Kier molecular flexibility index (Phi) is 1.53. The Balaban J connectivity index is 1.88. The normalized spacial score (nSPS) is 86.4. The molecule has 0 unspecified atom stereocenters. The molecule has 0 aromatic carbocycles. The van der Waals surface area contributed by atoms with E-state index in [0.29, 0.717) is 0 Å². The molecule has 0 heterocycles. The van der Waals surface area contributed by atoms with Crippen LogP contribution in [0.3, 0.4) is 0 Å². The van der Waals surface area contributed by atoms with Crippen LogP contribution in [0.25, 0.3) is 0 Å². The monoisotopic (exact) mass is 378 g/mol. The highest BCUT2D eigenvalue weighted by Crippen LogP contribution is 3.04. The van der Waals surface area contributed by atoms with Gasteiger partial charge in [0.25, 0.3) is 0 Å². The van der Waals surface area contributed by atoms with Gasteiger partial charge in [0, 0.05) is 5.92 Å². The van der Waals surface area contributed by atoms with E-state index in [4.69, 9.17) is 69.6 Å². The van der Waals surface area contributed by atoms with E-state index < -0.39 is 29.4 Å². The summed E-state index contributed by atoms with van der Waals surface area (Å²) in [5.74, 6) is 0.211. The summed E-state index contributed by atoms with van der Waals surface area (Å²) >= 11 is 40.9. The lowest BCUT2D eigenvalue weighted by molar-refractivity contribution is -0.143. The number of halogens is 6. The number of hydrogen-bond acceptors (Lipinski definition) is 1. The van der Waals surface area contributed by atoms with Crippen molar-refractivity contribution in [1.82, 2.24) is 0 Å². The van der Waals surface area contributed by atoms with Crippen molar-refractivity contribution in [2.75, 3.05) is 0 Å². The number of alkyl halides is 6. The Hall–Kier alpha value is 1.70. The second-order valence-electron chi connectivity index (χ2n) is 7.23. The highest BCUT2D eigenvalue weighted by molar-refractivity contribution is 6.65. The molecule has 0 spiro atoms. The average Bonchev–Trinajstić information content (AvgIpc) is 2.94. The van der Waals surface area contributed by atoms with Gasteiger partial charge >= 0.3 is 0 Å². The molecule has 0 saturated heterocycles. The highest BCUT2D eigenvalue weighted by atomic mass is 35.5. The Bertz CT molecular complexity index is 609. The van der Waals surface area contributed by atoms with Gasteiger partial charge in [0.05, 0.1) is 10.5 Å². The maximum absolute atomic E-state index is 11.2. The average molecular weight is 381 g/mol. The molecule has 10 atom stereocenters. The zero-order valence-corrected chi connectivity index (χ0v) is 13.8. The molecule has 7 saturated carbocycles. The predicted molar refractivity (Wildman–Crippen MR) is 75.8 cm³/mol. The van der Waals surface area contributed by atoms with Crippen molar-refractivity contribution in [2.24, 2.45) is 29.6 Å². The van der Waals surface area contributed by atoms with Crippen LogP contribution in [0, 0.1) is 29.6 Å². The summed E-state index contributed by atoms with van der Waals surface area (Å²) in [5, 5.41) is 11.2. The SMILES string of the molecule is O[C@@]12[C@@H]3C[C@@H]4[C@H]5[C@H]3[C@]3(Cl)C(Cl)(Cl)[C@@]5(Cl)[C@@](Cl)([C@H]41)[C@]23Cl. The first-order valence-electron chi connectivity index (χ1n) is 6.45. The molecule has 7 aliphatic carbocycles. The van der Waals surface area contributed by atoms with Crippen molar-refractivity contribution >= 4 is 69.6 Å². The molecule has 0 aromatic rings. The quantitative estimate of drug-likeness (QED) is 0.639. The number of hydrogen-bond donors (Lipinski definition) is 1. The molecule has 7 aliphatic rings. The van der Waals surface area contributed by atoms with E-state index >= 15 is 0 Å². The van der Waals surface area contributed by atoms with Crippen molar-refractivity contribution in [2.45, 2.75) is 35.9 Å². The summed E-state index contributed by atoms with van der Waals surface area (Å²) in [7, 11) is 0. The third-order valence-electron chi connectivity index (χ3n) is 7.62. The summed E-state index contributed by atoms with van der Waals surface area (Å²) in [6.07, 6.45) is 0.895. The Labute approximate surface area is 139 Å². The van der Waals surface area contributed by atoms with Crippen LogP contribution < -0.4 is 0 Å². The fourth-order valence-corrected chi connectivity index (χ4v) is 12.2. The van der Waals surface area contributed by atoms with E-state index in [0.717, 1.165) is 6.42 Å². The van der Waals surface area contributed by atoms with Gasteiger partial charge in [0.2, 0.25) is 0 Å². The summed E-state index contributed by atoms with van der Waals surface area (Å²) in [6.45, 7) is 0. The molecule has 104 valence electrons. The molecule has 7 heteroatoms. The van der Waals surface area contributed by atoms with Crippen LogP contribution in [0.2, 0.25) is 0 Å². The van der Waals surface area contributed by atoms with Gasteiger partial charge in [-0.15, -0.1) is 46.4 Å². The lowest BCUT2D eigenvalue weighted by Gasteiger charge is -2.64. The van der Waals surface area contributed by atoms with Gasteiger partial charge in [-0.2, -0.15) is 0 Å². The molecule has 19 heavy (non-hydrogen) atoms. The Morgan fingerprint density at radius 1 is 0.842 bits per heavy atom. The molecule has 0 radical (unpaired) electrons. The van der Waals surface area contributed by atoms with Crippen molar-refractivity contribution < 1.29 is 5.11 Å². The second kappa shape index (κ2) is 2.39. The Morgan fingerprint density at radius 2 is 1.47 bits per heavy atom. The molecule has 0 aromatic heterocycles. The first-order valence-corrected chi connectivity index (χ1v) is 8.72. The third-order valence-corrected chi connectivity index (χ3v) is 12.9. The first kappa shape index (κ1) is 12.2. The zero-order chi connectivity index (χ0) is 13.6. The highest BCUT2D eigenvalue weighted by Gasteiger charge is 3.15. The lowest BCUT2D eigenvalue weighted by atomic mass is 9.54. The van der Waals surface area contributed by atoms with Crippen molar-refractivity contribution in [1.29, 1.82) is 0 Å². The molecular weight excluding hydrogens is 373 g/mol. The second-order valence-corrected chi connectivity index (χ2v) is 10.9. The molecule has 0 aliphatic heterocycles. The van der Waals surface area contributed by atoms with Crippen molar-refractivity contribution in [3.05, 3.63) is 0 Å². The minimum Gasteiger partial charge on any atom is -0.387 e. The maximum atomic E-state index is 11.2. The van der Waals surface area contributed by atoms with Crippen molar-refractivity contribution in [3.63, 3.8) is 0 Å². The predicted octanol–water partition coefficient (Wildman–Crippen LogP) is 3.35. The summed E-state index contributed by atoms with van der Waals surface area (Å²) in [4.78, 5) is -4.39. The first-order chi connectivity index (χ1) is 8.59. The molecule has 7 rings (SSSR count). The standard InChI is InChI=1S/C12H8Cl6O/c13-8-4-2-1-3-5(4)9(14,12(8,17)18)11(16)7(3,19)6(2)10(8,11)15/h2-6,19H,1H2/t2-,3-,4+,5+,6-,7+,8+,9-,10+,11+/m1/s1. The largest absolute Gasteiger partial charge is 0.387 e. The van der Waals surface area contributed by atoms with Gasteiger partial charge in [0.15, 0.2) is 4.33 Å². The van der Waals surface area contributed by atoms with Crippen LogP contribution in [0.5, 0.6) is 0 Å². The van der Waals surface area contributed by atoms with E-state index in [9.17, 15) is 5.11 Å². The van der Waals surface area contributed by atoms with E-state index in [1.165, 1.54) is 0 Å². The zero-order valence-electron chi connectivity index (χ0n) is 9.31. The van der Waals surface area contributed by atoms with Gasteiger partial charge in [0.1, 0.15) is 14.6 Å². The van der Waals surface area contributed by atoms with Gasteiger partial charge in [-0.25, -0.2) is 0 Å². The minimum absolute atomic E-state index is 0.0280. The molecule has 7 fully saturated rings. The topological polar surface area (TPSA) is 20.2 Å². The van der Waals surface area contributed by atoms with Crippen LogP contribution in [0.1, 0.15) is 6.42 Å².